The summed E-state index contributed by atoms with van der Waals surface area (Å²) < 4.78 is 5.76. The molecule has 1 aliphatic heterocycles. The lowest BCUT2D eigenvalue weighted by atomic mass is 9.92. The number of aryl methyl sites for hydroxylation is 1. The predicted octanol–water partition coefficient (Wildman–Crippen LogP) is 5.22. The number of imidazole rings is 1. The Balaban J connectivity index is 1.30. The fourth-order valence-corrected chi connectivity index (χ4v) is 4.05. The van der Waals surface area contributed by atoms with Crippen LogP contribution >= 0.6 is 23.2 Å². The normalized spacial score (nSPS) is 18.2. The summed E-state index contributed by atoms with van der Waals surface area (Å²) in [6.07, 6.45) is 10.9. The van der Waals surface area contributed by atoms with Crippen molar-refractivity contribution in [2.75, 3.05) is 26.2 Å². The maximum atomic E-state index is 6.12. The van der Waals surface area contributed by atoms with Crippen molar-refractivity contribution in [3.05, 3.63) is 46.5 Å². The number of aromatic nitrogens is 2. The molecule has 3 rings (SSSR count). The number of nitrogens with zero attached hydrogens (tertiary/aromatic N) is 2. The molecule has 1 aliphatic rings. The molecule has 0 saturated carbocycles. The number of H-pyrrole nitrogens is 1. The first-order valence-electron chi connectivity index (χ1n) is 9.48. The van der Waals surface area contributed by atoms with Crippen LogP contribution in [0, 0.1) is 5.92 Å². The van der Waals surface area contributed by atoms with Crippen LogP contribution < -0.4 is 4.74 Å². The van der Waals surface area contributed by atoms with Gasteiger partial charge in [-0.25, -0.2) is 4.98 Å². The van der Waals surface area contributed by atoms with Gasteiger partial charge in [0, 0.05) is 23.5 Å². The summed E-state index contributed by atoms with van der Waals surface area (Å²) in [7, 11) is 0. The van der Waals surface area contributed by atoms with Crippen LogP contribution in [-0.4, -0.2) is 41.1 Å². The van der Waals surface area contributed by atoms with Gasteiger partial charge in [0.05, 0.1) is 18.0 Å². The molecule has 1 aromatic carbocycles. The number of benzene rings is 1. The molecule has 1 fully saturated rings. The van der Waals surface area contributed by atoms with Crippen LogP contribution in [0.1, 0.15) is 37.8 Å². The lowest BCUT2D eigenvalue weighted by molar-refractivity contribution is 0.163. The highest BCUT2D eigenvalue weighted by Gasteiger charge is 2.19. The minimum atomic E-state index is 0.577. The van der Waals surface area contributed by atoms with Gasteiger partial charge in [0.1, 0.15) is 5.75 Å². The first-order valence-corrected chi connectivity index (χ1v) is 10.2. The summed E-state index contributed by atoms with van der Waals surface area (Å²) >= 11 is 12.0. The number of hydrogen-bond acceptors (Lipinski definition) is 3. The van der Waals surface area contributed by atoms with E-state index in [-0.39, 0.29) is 0 Å². The number of halogens is 2. The first-order chi connectivity index (χ1) is 12.7. The van der Waals surface area contributed by atoms with E-state index in [4.69, 9.17) is 27.9 Å². The van der Waals surface area contributed by atoms with Crippen molar-refractivity contribution in [1.82, 2.24) is 14.9 Å². The molecule has 1 atom stereocenters. The van der Waals surface area contributed by atoms with Gasteiger partial charge >= 0.3 is 0 Å². The third-order valence-corrected chi connectivity index (χ3v) is 5.53. The monoisotopic (exact) mass is 395 g/mol. The zero-order valence-electron chi connectivity index (χ0n) is 15.1. The van der Waals surface area contributed by atoms with E-state index in [1.54, 1.807) is 18.5 Å². The molecule has 2 aromatic rings. The number of ether oxygens (including phenoxy) is 1. The molecule has 142 valence electrons. The summed E-state index contributed by atoms with van der Waals surface area (Å²) in [6, 6.07) is 5.36. The SMILES string of the molecule is Clc1ccc(OCCCCN2CCCC(CCc3cnc[nH]3)C2)c(Cl)c1. The molecule has 0 amide bonds. The molecule has 6 heteroatoms. The van der Waals surface area contributed by atoms with E-state index in [1.165, 1.54) is 38.0 Å². The van der Waals surface area contributed by atoms with E-state index in [1.807, 2.05) is 12.3 Å². The third-order valence-electron chi connectivity index (χ3n) is 5.00. The van der Waals surface area contributed by atoms with Crippen LogP contribution in [0.2, 0.25) is 10.0 Å². The summed E-state index contributed by atoms with van der Waals surface area (Å²) in [5.41, 5.74) is 1.25. The second kappa shape index (κ2) is 10.2. The predicted molar refractivity (Wildman–Crippen MR) is 107 cm³/mol. The highest BCUT2D eigenvalue weighted by Crippen LogP contribution is 2.27. The Morgan fingerprint density at radius 1 is 1.27 bits per heavy atom. The van der Waals surface area contributed by atoms with Gasteiger partial charge in [-0.1, -0.05) is 23.2 Å². The quantitative estimate of drug-likeness (QED) is 0.591. The molecule has 0 radical (unpaired) electrons. The van der Waals surface area contributed by atoms with Crippen LogP contribution in [0.5, 0.6) is 5.75 Å². The molecular weight excluding hydrogens is 369 g/mol. The highest BCUT2D eigenvalue weighted by atomic mass is 35.5. The molecule has 2 heterocycles. The number of nitrogens with one attached hydrogen (secondary N) is 1. The Morgan fingerprint density at radius 2 is 2.19 bits per heavy atom. The second-order valence-electron chi connectivity index (χ2n) is 7.05. The van der Waals surface area contributed by atoms with Gasteiger partial charge in [-0.15, -0.1) is 0 Å². The second-order valence-corrected chi connectivity index (χ2v) is 7.90. The van der Waals surface area contributed by atoms with Crippen molar-refractivity contribution >= 4 is 23.2 Å². The van der Waals surface area contributed by atoms with E-state index in [2.05, 4.69) is 14.9 Å². The van der Waals surface area contributed by atoms with Gasteiger partial charge in [-0.2, -0.15) is 0 Å². The lowest BCUT2D eigenvalue weighted by Crippen LogP contribution is -2.36. The fourth-order valence-electron chi connectivity index (χ4n) is 3.58. The molecule has 1 unspecified atom stereocenters. The van der Waals surface area contributed by atoms with Gasteiger partial charge < -0.3 is 14.6 Å². The Labute approximate surface area is 165 Å². The van der Waals surface area contributed by atoms with Gasteiger partial charge in [0.25, 0.3) is 0 Å². The molecule has 4 nitrogen and oxygen atoms in total. The van der Waals surface area contributed by atoms with Crippen molar-refractivity contribution in [3.8, 4) is 5.75 Å². The summed E-state index contributed by atoms with van der Waals surface area (Å²) in [4.78, 5) is 9.91. The Bertz CT molecular complexity index is 663. The molecule has 0 aliphatic carbocycles. The average molecular weight is 396 g/mol. The van der Waals surface area contributed by atoms with E-state index < -0.39 is 0 Å². The van der Waals surface area contributed by atoms with E-state index in [0.29, 0.717) is 22.4 Å². The number of piperidine rings is 1. The first kappa shape index (κ1) is 19.5. The van der Waals surface area contributed by atoms with Gasteiger partial charge in [-0.3, -0.25) is 0 Å². The van der Waals surface area contributed by atoms with Gasteiger partial charge in [0.2, 0.25) is 0 Å². The molecular formula is C20H27Cl2N3O. The van der Waals surface area contributed by atoms with Crippen LogP contribution in [0.15, 0.2) is 30.7 Å². The molecule has 26 heavy (non-hydrogen) atoms. The van der Waals surface area contributed by atoms with E-state index in [0.717, 1.165) is 31.7 Å². The van der Waals surface area contributed by atoms with Crippen molar-refractivity contribution in [1.29, 1.82) is 0 Å². The molecule has 1 aromatic heterocycles. The standard InChI is InChI=1S/C20H27Cl2N3O/c21-17-6-8-20(19(22)12-17)26-11-2-1-9-25-10-3-4-16(14-25)5-7-18-13-23-15-24-18/h6,8,12-13,15-16H,1-5,7,9-11,14H2,(H,23,24). The smallest absolute Gasteiger partial charge is 0.137 e. The summed E-state index contributed by atoms with van der Waals surface area (Å²) in [5, 5.41) is 1.21. The maximum absolute atomic E-state index is 6.12. The number of unbranched alkanes of at least 4 members (excludes halogenated alkanes) is 1. The molecule has 1 saturated heterocycles. The number of rotatable bonds is 9. The van der Waals surface area contributed by atoms with Crippen LogP contribution in [0.25, 0.3) is 0 Å². The Hall–Kier alpha value is -1.23. The van der Waals surface area contributed by atoms with Crippen molar-refractivity contribution in [3.63, 3.8) is 0 Å². The van der Waals surface area contributed by atoms with Crippen molar-refractivity contribution in [2.45, 2.75) is 38.5 Å². The molecule has 0 spiro atoms. The van der Waals surface area contributed by atoms with E-state index in [9.17, 15) is 0 Å². The zero-order valence-corrected chi connectivity index (χ0v) is 16.6. The Kier molecular flexibility index (Phi) is 7.66. The van der Waals surface area contributed by atoms with Crippen LogP contribution in [0.4, 0.5) is 0 Å². The minimum Gasteiger partial charge on any atom is -0.492 e. The van der Waals surface area contributed by atoms with Crippen molar-refractivity contribution < 1.29 is 4.74 Å². The fraction of sp³-hybridized carbons (Fsp3) is 0.550. The minimum absolute atomic E-state index is 0.577. The number of aromatic amines is 1. The number of likely N-dealkylation sites (tertiary alicyclic amines) is 1. The zero-order chi connectivity index (χ0) is 18.2. The average Bonchev–Trinajstić information content (AvgIpc) is 3.15. The number of hydrogen-bond donors (Lipinski definition) is 1. The molecule has 0 bridgehead atoms. The van der Waals surface area contributed by atoms with Gasteiger partial charge in [0.15, 0.2) is 0 Å². The van der Waals surface area contributed by atoms with E-state index >= 15 is 0 Å². The third kappa shape index (κ3) is 6.19. The summed E-state index contributed by atoms with van der Waals surface area (Å²) in [6.45, 7) is 4.29. The lowest BCUT2D eigenvalue weighted by Gasteiger charge is -2.32. The topological polar surface area (TPSA) is 41.1 Å². The van der Waals surface area contributed by atoms with Gasteiger partial charge in [-0.05, 0) is 75.7 Å². The maximum Gasteiger partial charge on any atom is 0.137 e. The highest BCUT2D eigenvalue weighted by molar-refractivity contribution is 6.35. The van der Waals surface area contributed by atoms with Crippen LogP contribution in [-0.2, 0) is 6.42 Å². The summed E-state index contributed by atoms with van der Waals surface area (Å²) in [5.74, 6) is 1.52. The molecule has 1 N–H and O–H groups in total. The van der Waals surface area contributed by atoms with Crippen LogP contribution in [0.3, 0.4) is 0 Å². The largest absolute Gasteiger partial charge is 0.492 e. The van der Waals surface area contributed by atoms with Crippen molar-refractivity contribution in [2.24, 2.45) is 5.92 Å². The Morgan fingerprint density at radius 3 is 3.00 bits per heavy atom.